The quantitative estimate of drug-likeness (QED) is 0.684. The smallest absolute Gasteiger partial charge is 0.228 e. The molecule has 6 nitrogen and oxygen atoms in total. The van der Waals surface area contributed by atoms with Crippen molar-refractivity contribution in [1.29, 1.82) is 0 Å². The first-order valence-electron chi connectivity index (χ1n) is 7.60. The average molecular weight is 342 g/mol. The monoisotopic (exact) mass is 342 g/mol. The molecule has 0 unspecified atom stereocenters. The zero-order valence-electron chi connectivity index (χ0n) is 14.3. The van der Waals surface area contributed by atoms with Gasteiger partial charge in [-0.3, -0.25) is 4.79 Å². The van der Waals surface area contributed by atoms with Crippen LogP contribution < -0.4 is 4.90 Å². The molecule has 1 aromatic rings. The number of methoxy groups -OCH3 is 1. The standard InChI is InChI=1S/C16H26N2O4S/c1-5-18(15-8-6-7-14(2)13-15)16(19)9-10-17(11-12-22-3)23(4,20)21/h6-8,13H,5,9-12H2,1-4H3. The summed E-state index contributed by atoms with van der Waals surface area (Å²) in [5.74, 6) is -0.0934. The van der Waals surface area contributed by atoms with Crippen LogP contribution in [0.1, 0.15) is 18.9 Å². The van der Waals surface area contributed by atoms with E-state index in [1.165, 1.54) is 11.4 Å². The first kappa shape index (κ1) is 19.6. The maximum atomic E-state index is 12.5. The summed E-state index contributed by atoms with van der Waals surface area (Å²) in [7, 11) is -1.84. The minimum Gasteiger partial charge on any atom is -0.383 e. The van der Waals surface area contributed by atoms with Crippen LogP contribution in [0, 0.1) is 6.92 Å². The third-order valence-electron chi connectivity index (χ3n) is 3.52. The Morgan fingerprint density at radius 3 is 2.48 bits per heavy atom. The third kappa shape index (κ3) is 6.29. The second kappa shape index (κ2) is 9.00. The average Bonchev–Trinajstić information content (AvgIpc) is 2.46. The van der Waals surface area contributed by atoms with Gasteiger partial charge in [-0.2, -0.15) is 4.31 Å². The number of benzene rings is 1. The van der Waals surface area contributed by atoms with E-state index >= 15 is 0 Å². The van der Waals surface area contributed by atoms with E-state index < -0.39 is 10.0 Å². The van der Waals surface area contributed by atoms with Crippen molar-refractivity contribution in [1.82, 2.24) is 4.31 Å². The van der Waals surface area contributed by atoms with Gasteiger partial charge in [-0.25, -0.2) is 8.42 Å². The molecule has 0 saturated heterocycles. The van der Waals surface area contributed by atoms with Crippen LogP contribution in [0.2, 0.25) is 0 Å². The number of amides is 1. The predicted molar refractivity (Wildman–Crippen MR) is 92.1 cm³/mol. The number of aryl methyl sites for hydroxylation is 1. The number of ether oxygens (including phenoxy) is 1. The molecular weight excluding hydrogens is 316 g/mol. The molecule has 1 aromatic carbocycles. The van der Waals surface area contributed by atoms with E-state index in [0.29, 0.717) is 13.2 Å². The molecular formula is C16H26N2O4S. The van der Waals surface area contributed by atoms with Crippen LogP contribution in [0.5, 0.6) is 0 Å². The Morgan fingerprint density at radius 1 is 1.26 bits per heavy atom. The van der Waals surface area contributed by atoms with Gasteiger partial charge in [0.05, 0.1) is 12.9 Å². The number of hydrogen-bond acceptors (Lipinski definition) is 4. The van der Waals surface area contributed by atoms with Gasteiger partial charge < -0.3 is 9.64 Å². The Labute approximate surface area is 139 Å². The molecule has 130 valence electrons. The van der Waals surface area contributed by atoms with Gasteiger partial charge in [0.1, 0.15) is 0 Å². The molecule has 0 aliphatic heterocycles. The number of rotatable bonds is 9. The highest BCUT2D eigenvalue weighted by atomic mass is 32.2. The van der Waals surface area contributed by atoms with E-state index in [2.05, 4.69) is 0 Å². The van der Waals surface area contributed by atoms with E-state index in [9.17, 15) is 13.2 Å². The van der Waals surface area contributed by atoms with Crippen LogP contribution in [0.4, 0.5) is 5.69 Å². The molecule has 0 fully saturated rings. The number of carbonyl (C=O) groups excluding carboxylic acids is 1. The van der Waals surface area contributed by atoms with Crippen molar-refractivity contribution in [2.24, 2.45) is 0 Å². The summed E-state index contributed by atoms with van der Waals surface area (Å²) >= 11 is 0. The van der Waals surface area contributed by atoms with E-state index in [1.807, 2.05) is 38.1 Å². The van der Waals surface area contributed by atoms with Crippen LogP contribution in [0.15, 0.2) is 24.3 Å². The van der Waals surface area contributed by atoms with Crippen LogP contribution in [0.3, 0.4) is 0 Å². The molecule has 1 rings (SSSR count). The van der Waals surface area contributed by atoms with E-state index in [0.717, 1.165) is 17.5 Å². The molecule has 0 spiro atoms. The van der Waals surface area contributed by atoms with Crippen molar-refractivity contribution in [3.63, 3.8) is 0 Å². The molecule has 0 bridgehead atoms. The Morgan fingerprint density at radius 2 is 1.96 bits per heavy atom. The largest absolute Gasteiger partial charge is 0.383 e. The summed E-state index contributed by atoms with van der Waals surface area (Å²) in [6.45, 7) is 5.12. The lowest BCUT2D eigenvalue weighted by Crippen LogP contribution is -2.38. The zero-order chi connectivity index (χ0) is 17.5. The van der Waals surface area contributed by atoms with Gasteiger partial charge in [0.2, 0.25) is 15.9 Å². The van der Waals surface area contributed by atoms with Gasteiger partial charge in [-0.05, 0) is 31.5 Å². The fourth-order valence-electron chi connectivity index (χ4n) is 2.29. The predicted octanol–water partition coefficient (Wildman–Crippen LogP) is 1.65. The molecule has 0 radical (unpaired) electrons. The first-order chi connectivity index (χ1) is 10.8. The van der Waals surface area contributed by atoms with Crippen LogP contribution in [0.25, 0.3) is 0 Å². The fourth-order valence-corrected chi connectivity index (χ4v) is 3.12. The van der Waals surface area contributed by atoms with Crippen molar-refractivity contribution < 1.29 is 17.9 Å². The maximum Gasteiger partial charge on any atom is 0.228 e. The van der Waals surface area contributed by atoms with Gasteiger partial charge in [0.15, 0.2) is 0 Å². The third-order valence-corrected chi connectivity index (χ3v) is 4.82. The molecule has 0 heterocycles. The van der Waals surface area contributed by atoms with Crippen molar-refractivity contribution >= 4 is 21.6 Å². The summed E-state index contributed by atoms with van der Waals surface area (Å²) in [4.78, 5) is 14.1. The van der Waals surface area contributed by atoms with Gasteiger partial charge in [0, 0.05) is 38.9 Å². The maximum absolute atomic E-state index is 12.5. The van der Waals surface area contributed by atoms with E-state index in [1.54, 1.807) is 4.90 Å². The number of sulfonamides is 1. The van der Waals surface area contributed by atoms with Crippen molar-refractivity contribution in [3.8, 4) is 0 Å². The summed E-state index contributed by atoms with van der Waals surface area (Å²) in [6.07, 6.45) is 1.28. The topological polar surface area (TPSA) is 66.9 Å². The zero-order valence-corrected chi connectivity index (χ0v) is 15.1. The molecule has 1 amide bonds. The molecule has 7 heteroatoms. The number of nitrogens with zero attached hydrogens (tertiary/aromatic N) is 2. The fraction of sp³-hybridized carbons (Fsp3) is 0.562. The number of carbonyl (C=O) groups is 1. The number of hydrogen-bond donors (Lipinski definition) is 0. The molecule has 23 heavy (non-hydrogen) atoms. The van der Waals surface area contributed by atoms with Crippen molar-refractivity contribution in [2.45, 2.75) is 20.3 Å². The first-order valence-corrected chi connectivity index (χ1v) is 9.45. The molecule has 0 N–H and O–H groups in total. The van der Waals surface area contributed by atoms with Crippen molar-refractivity contribution in [2.75, 3.05) is 44.5 Å². The van der Waals surface area contributed by atoms with Gasteiger partial charge in [0.25, 0.3) is 0 Å². The SMILES string of the molecule is CCN(C(=O)CCN(CCOC)S(C)(=O)=O)c1cccc(C)c1. The molecule has 0 aliphatic rings. The molecule has 0 aliphatic carbocycles. The van der Waals surface area contributed by atoms with Gasteiger partial charge in [-0.1, -0.05) is 12.1 Å². The normalized spacial score (nSPS) is 11.7. The minimum absolute atomic E-state index is 0.0934. The Kier molecular flexibility index (Phi) is 7.67. The summed E-state index contributed by atoms with van der Waals surface area (Å²) in [5, 5.41) is 0. The summed E-state index contributed by atoms with van der Waals surface area (Å²) in [5.41, 5.74) is 1.91. The lowest BCUT2D eigenvalue weighted by Gasteiger charge is -2.24. The summed E-state index contributed by atoms with van der Waals surface area (Å²) < 4.78 is 29.7. The molecule has 0 atom stereocenters. The van der Waals surface area contributed by atoms with Crippen LogP contribution in [-0.2, 0) is 19.6 Å². The molecule has 0 saturated carbocycles. The highest BCUT2D eigenvalue weighted by Crippen LogP contribution is 2.17. The van der Waals surface area contributed by atoms with E-state index in [4.69, 9.17) is 4.74 Å². The lowest BCUT2D eigenvalue weighted by molar-refractivity contribution is -0.118. The highest BCUT2D eigenvalue weighted by molar-refractivity contribution is 7.88. The van der Waals surface area contributed by atoms with Gasteiger partial charge in [-0.15, -0.1) is 0 Å². The van der Waals surface area contributed by atoms with Crippen LogP contribution in [-0.4, -0.2) is 58.2 Å². The molecule has 0 aromatic heterocycles. The second-order valence-corrected chi connectivity index (χ2v) is 7.36. The van der Waals surface area contributed by atoms with Gasteiger partial charge >= 0.3 is 0 Å². The highest BCUT2D eigenvalue weighted by Gasteiger charge is 2.20. The Hall–Kier alpha value is -1.44. The Balaban J connectivity index is 2.75. The Bertz CT molecular complexity index is 616. The summed E-state index contributed by atoms with van der Waals surface area (Å²) in [6, 6.07) is 7.70. The number of anilines is 1. The van der Waals surface area contributed by atoms with Crippen LogP contribution >= 0.6 is 0 Å². The van der Waals surface area contributed by atoms with Crippen molar-refractivity contribution in [3.05, 3.63) is 29.8 Å². The minimum atomic E-state index is -3.35. The second-order valence-electron chi connectivity index (χ2n) is 5.38. The lowest BCUT2D eigenvalue weighted by atomic mass is 10.2. The van der Waals surface area contributed by atoms with E-state index in [-0.39, 0.29) is 25.4 Å².